The Balaban J connectivity index is 3.11. The molecule has 0 aliphatic rings. The highest BCUT2D eigenvalue weighted by Gasteiger charge is 2.28. The van der Waals surface area contributed by atoms with Crippen molar-refractivity contribution in [2.75, 3.05) is 6.54 Å². The van der Waals surface area contributed by atoms with Crippen LogP contribution in [0.25, 0.3) is 0 Å². The molecule has 1 unspecified atom stereocenters. The lowest BCUT2D eigenvalue weighted by Gasteiger charge is -2.33. The number of nitrogens with two attached hydrogens (primary N) is 2. The Labute approximate surface area is 112 Å². The zero-order valence-corrected chi connectivity index (χ0v) is 12.5. The Hall–Kier alpha value is -0.860. The average Bonchev–Trinajstić information content (AvgIpc) is 2.28. The van der Waals surface area contributed by atoms with Gasteiger partial charge in [0.25, 0.3) is 0 Å². The molecule has 0 spiro atoms. The van der Waals surface area contributed by atoms with Gasteiger partial charge < -0.3 is 11.5 Å². The molecule has 0 radical (unpaired) electrons. The van der Waals surface area contributed by atoms with Crippen molar-refractivity contribution >= 4 is 0 Å². The van der Waals surface area contributed by atoms with E-state index in [9.17, 15) is 0 Å². The first-order valence-electron chi connectivity index (χ1n) is 6.85. The summed E-state index contributed by atoms with van der Waals surface area (Å²) >= 11 is 0. The summed E-state index contributed by atoms with van der Waals surface area (Å²) in [5, 5.41) is 0. The second-order valence-electron chi connectivity index (χ2n) is 6.28. The van der Waals surface area contributed by atoms with E-state index in [0.717, 1.165) is 6.42 Å². The average molecular weight is 248 g/mol. The highest BCUT2D eigenvalue weighted by molar-refractivity contribution is 5.35. The number of hydrogen-bond acceptors (Lipinski definition) is 2. The van der Waals surface area contributed by atoms with Crippen molar-refractivity contribution in [2.45, 2.75) is 53.0 Å². The van der Waals surface area contributed by atoms with E-state index in [1.807, 2.05) is 0 Å². The van der Waals surface area contributed by atoms with Gasteiger partial charge in [0.05, 0.1) is 0 Å². The van der Waals surface area contributed by atoms with Gasteiger partial charge in [-0.1, -0.05) is 45.9 Å². The smallest absolute Gasteiger partial charge is 0.0349 e. The van der Waals surface area contributed by atoms with Gasteiger partial charge in [-0.05, 0) is 47.9 Å². The number of rotatable bonds is 5. The molecule has 0 aliphatic carbocycles. The first-order valence-corrected chi connectivity index (χ1v) is 6.85. The molecule has 0 fully saturated rings. The number of hydrogen-bond donors (Lipinski definition) is 2. The van der Waals surface area contributed by atoms with Gasteiger partial charge in [-0.2, -0.15) is 0 Å². The maximum Gasteiger partial charge on any atom is 0.0349 e. The van der Waals surface area contributed by atoms with E-state index >= 15 is 0 Å². The van der Waals surface area contributed by atoms with E-state index in [-0.39, 0.29) is 11.5 Å². The number of benzene rings is 1. The monoisotopic (exact) mass is 248 g/mol. The lowest BCUT2D eigenvalue weighted by Crippen LogP contribution is -2.32. The van der Waals surface area contributed by atoms with E-state index in [0.29, 0.717) is 12.5 Å². The minimum absolute atomic E-state index is 0.0368. The van der Waals surface area contributed by atoms with Gasteiger partial charge in [0, 0.05) is 6.04 Å². The van der Waals surface area contributed by atoms with Crippen LogP contribution >= 0.6 is 0 Å². The summed E-state index contributed by atoms with van der Waals surface area (Å²) < 4.78 is 0. The van der Waals surface area contributed by atoms with Crippen LogP contribution < -0.4 is 11.5 Å². The summed E-state index contributed by atoms with van der Waals surface area (Å²) in [5.74, 6) is 0.536. The summed E-state index contributed by atoms with van der Waals surface area (Å²) in [6, 6.07) is 6.69. The lowest BCUT2D eigenvalue weighted by molar-refractivity contribution is 0.270. The lowest BCUT2D eigenvalue weighted by atomic mass is 9.76. The summed E-state index contributed by atoms with van der Waals surface area (Å²) in [7, 11) is 0. The van der Waals surface area contributed by atoms with Gasteiger partial charge in [-0.15, -0.1) is 0 Å². The molecular weight excluding hydrogens is 220 g/mol. The van der Waals surface area contributed by atoms with Crippen molar-refractivity contribution in [2.24, 2.45) is 16.9 Å². The van der Waals surface area contributed by atoms with Crippen LogP contribution in [0.2, 0.25) is 0 Å². The highest BCUT2D eigenvalue weighted by Crippen LogP contribution is 2.36. The fourth-order valence-electron chi connectivity index (χ4n) is 2.30. The van der Waals surface area contributed by atoms with Crippen LogP contribution in [0.1, 0.15) is 62.8 Å². The molecule has 18 heavy (non-hydrogen) atoms. The fourth-order valence-corrected chi connectivity index (χ4v) is 2.30. The van der Waals surface area contributed by atoms with Crippen molar-refractivity contribution in [3.63, 3.8) is 0 Å². The second kappa shape index (κ2) is 5.85. The Kier molecular flexibility index (Phi) is 4.94. The maximum atomic E-state index is 6.47. The third-order valence-corrected chi connectivity index (χ3v) is 3.94. The van der Waals surface area contributed by atoms with Crippen molar-refractivity contribution in [3.8, 4) is 0 Å². The second-order valence-corrected chi connectivity index (χ2v) is 6.28. The van der Waals surface area contributed by atoms with Crippen LogP contribution in [0.3, 0.4) is 0 Å². The zero-order valence-electron chi connectivity index (χ0n) is 12.5. The summed E-state index contributed by atoms with van der Waals surface area (Å²) in [4.78, 5) is 0. The first kappa shape index (κ1) is 15.2. The Bertz CT molecular complexity index is 394. The van der Waals surface area contributed by atoms with Crippen LogP contribution in [0.4, 0.5) is 0 Å². The first-order chi connectivity index (χ1) is 8.29. The van der Waals surface area contributed by atoms with E-state index in [1.54, 1.807) is 0 Å². The van der Waals surface area contributed by atoms with Crippen LogP contribution in [0.15, 0.2) is 18.2 Å². The summed E-state index contributed by atoms with van der Waals surface area (Å²) in [6.07, 6.45) is 0.944. The molecule has 0 bridgehead atoms. The van der Waals surface area contributed by atoms with Crippen LogP contribution in [0, 0.1) is 12.3 Å². The maximum absolute atomic E-state index is 6.47. The predicted octanol–water partition coefficient (Wildman–Crippen LogP) is 3.49. The molecule has 4 N–H and O–H groups in total. The molecule has 1 aromatic carbocycles. The third kappa shape index (κ3) is 3.33. The quantitative estimate of drug-likeness (QED) is 0.838. The van der Waals surface area contributed by atoms with E-state index in [1.165, 1.54) is 16.7 Å². The molecule has 1 aromatic rings. The van der Waals surface area contributed by atoms with Gasteiger partial charge in [0.2, 0.25) is 0 Å². The number of aryl methyl sites for hydroxylation is 1. The molecule has 0 saturated carbocycles. The van der Waals surface area contributed by atoms with Gasteiger partial charge in [-0.3, -0.25) is 0 Å². The van der Waals surface area contributed by atoms with Gasteiger partial charge >= 0.3 is 0 Å². The normalized spacial score (nSPS) is 14.0. The minimum Gasteiger partial charge on any atom is -0.330 e. The van der Waals surface area contributed by atoms with Crippen molar-refractivity contribution < 1.29 is 0 Å². The van der Waals surface area contributed by atoms with Crippen molar-refractivity contribution in [1.29, 1.82) is 0 Å². The van der Waals surface area contributed by atoms with Crippen LogP contribution in [-0.2, 0) is 0 Å². The van der Waals surface area contributed by atoms with E-state index in [4.69, 9.17) is 11.5 Å². The van der Waals surface area contributed by atoms with Crippen LogP contribution in [-0.4, -0.2) is 6.54 Å². The molecule has 0 aromatic heterocycles. The minimum atomic E-state index is 0.0368. The standard InChI is InChI=1S/C16H28N2/c1-11(2)13-7-6-12(3)14(10-13)15(18)16(4,5)8-9-17/h6-7,10-11,15H,8-9,17-18H2,1-5H3. The third-order valence-electron chi connectivity index (χ3n) is 3.94. The molecule has 2 nitrogen and oxygen atoms in total. The molecule has 2 heteroatoms. The molecule has 1 atom stereocenters. The van der Waals surface area contributed by atoms with E-state index < -0.39 is 0 Å². The van der Waals surface area contributed by atoms with Gasteiger partial charge in [0.15, 0.2) is 0 Å². The van der Waals surface area contributed by atoms with Crippen LogP contribution in [0.5, 0.6) is 0 Å². The zero-order chi connectivity index (χ0) is 13.9. The van der Waals surface area contributed by atoms with E-state index in [2.05, 4.69) is 52.8 Å². The highest BCUT2D eigenvalue weighted by atomic mass is 14.7. The molecule has 102 valence electrons. The topological polar surface area (TPSA) is 52.0 Å². The van der Waals surface area contributed by atoms with Crippen molar-refractivity contribution in [1.82, 2.24) is 0 Å². The molecule has 0 amide bonds. The largest absolute Gasteiger partial charge is 0.330 e. The molecule has 0 saturated heterocycles. The van der Waals surface area contributed by atoms with Gasteiger partial charge in [0.1, 0.15) is 0 Å². The Morgan fingerprint density at radius 2 is 1.83 bits per heavy atom. The fraction of sp³-hybridized carbons (Fsp3) is 0.625. The molecular formula is C16H28N2. The summed E-state index contributed by atoms with van der Waals surface area (Å²) in [6.45, 7) is 11.6. The Morgan fingerprint density at radius 3 is 2.33 bits per heavy atom. The molecule has 0 heterocycles. The SMILES string of the molecule is Cc1ccc(C(C)C)cc1C(N)C(C)(C)CCN. The Morgan fingerprint density at radius 1 is 1.22 bits per heavy atom. The summed E-state index contributed by atoms with van der Waals surface area (Å²) in [5.41, 5.74) is 16.1. The molecule has 1 rings (SSSR count). The van der Waals surface area contributed by atoms with Gasteiger partial charge in [-0.25, -0.2) is 0 Å². The predicted molar refractivity (Wildman–Crippen MR) is 79.6 cm³/mol. The van der Waals surface area contributed by atoms with Crippen molar-refractivity contribution in [3.05, 3.63) is 34.9 Å². The molecule has 0 aliphatic heterocycles.